The molecular formula is C87H157O7P5. The van der Waals surface area contributed by atoms with Gasteiger partial charge in [-0.1, -0.05) is 215 Å². The van der Waals surface area contributed by atoms with Crippen molar-refractivity contribution in [1.82, 2.24) is 0 Å². The first kappa shape index (κ1) is 102. The highest BCUT2D eigenvalue weighted by Crippen LogP contribution is 2.47. The van der Waals surface area contributed by atoms with E-state index in [1.54, 1.807) is 77.8 Å². The van der Waals surface area contributed by atoms with Gasteiger partial charge in [-0.25, -0.2) is 0 Å². The fourth-order valence-electron chi connectivity index (χ4n) is 12.8. The predicted octanol–water partition coefficient (Wildman–Crippen LogP) is 29.2. The Hall–Kier alpha value is -2.89. The lowest BCUT2D eigenvalue weighted by atomic mass is 9.71. The van der Waals surface area contributed by atoms with Crippen LogP contribution >= 0.6 is 35.7 Å². The summed E-state index contributed by atoms with van der Waals surface area (Å²) in [5.74, 6) is 4.09. The second-order valence-electron chi connectivity index (χ2n) is 35.1. The molecule has 99 heavy (non-hydrogen) atoms. The number of carbonyl (C=O) groups excluding carboxylic acids is 2. The average molecular weight is 1470 g/mol. The summed E-state index contributed by atoms with van der Waals surface area (Å²) in [4.78, 5) is 21.1. The Morgan fingerprint density at radius 1 is 0.394 bits per heavy atom. The van der Waals surface area contributed by atoms with E-state index in [4.69, 9.17) is 0 Å². The van der Waals surface area contributed by atoms with Gasteiger partial charge in [0.2, 0.25) is 0 Å². The minimum absolute atomic E-state index is 0. The normalized spacial score (nSPS) is 20.5. The van der Waals surface area contributed by atoms with E-state index < -0.39 is 35.7 Å². The minimum Gasteiger partial charge on any atom is -0.324 e. The van der Waals surface area contributed by atoms with Crippen LogP contribution in [-0.2, 0) is 32.4 Å². The van der Waals surface area contributed by atoms with Crippen LogP contribution in [-0.4, -0.2) is 98.7 Å². The Labute approximate surface area is 615 Å². The predicted molar refractivity (Wildman–Crippen MR) is 456 cm³/mol. The van der Waals surface area contributed by atoms with E-state index in [1.807, 2.05) is 51.0 Å². The molecule has 2 unspecified atom stereocenters. The van der Waals surface area contributed by atoms with E-state index in [1.165, 1.54) is 152 Å². The Balaban J connectivity index is -0.000000549. The molecule has 572 valence electrons. The lowest BCUT2D eigenvalue weighted by Crippen LogP contribution is -2.20. The van der Waals surface area contributed by atoms with Crippen LogP contribution in [0.1, 0.15) is 262 Å². The van der Waals surface area contributed by atoms with Gasteiger partial charge in [-0.05, 0) is 311 Å². The molecule has 0 aromatic rings. The number of rotatable bonds is 18. The largest absolute Gasteiger partial charge is 0.324 e. The highest BCUT2D eigenvalue weighted by atomic mass is 31.2. The van der Waals surface area contributed by atoms with Gasteiger partial charge >= 0.3 is 0 Å². The number of hydrogen-bond donors (Lipinski definition) is 0. The van der Waals surface area contributed by atoms with E-state index >= 15 is 0 Å². The molecule has 0 aromatic heterocycles. The van der Waals surface area contributed by atoms with Crippen LogP contribution in [0, 0.1) is 38.9 Å². The van der Waals surface area contributed by atoms with Crippen molar-refractivity contribution in [3.8, 4) is 0 Å². The molecule has 0 N–H and O–H groups in total. The third-order valence-corrected chi connectivity index (χ3v) is 21.4. The number of aldehydes is 2. The Morgan fingerprint density at radius 3 is 0.980 bits per heavy atom. The van der Waals surface area contributed by atoms with Crippen molar-refractivity contribution in [2.24, 2.45) is 38.9 Å². The van der Waals surface area contributed by atoms with Gasteiger partial charge in [-0.2, -0.15) is 0 Å². The first-order chi connectivity index (χ1) is 43.8. The summed E-state index contributed by atoms with van der Waals surface area (Å²) < 4.78 is 55.4. The number of hydrogen-bond acceptors (Lipinski definition) is 7. The van der Waals surface area contributed by atoms with Crippen LogP contribution in [0.15, 0.2) is 151 Å². The lowest BCUT2D eigenvalue weighted by molar-refractivity contribution is -0.109. The second-order valence-corrected chi connectivity index (χ2v) is 52.5. The maximum absolute atomic E-state index is 11.7. The van der Waals surface area contributed by atoms with Crippen molar-refractivity contribution in [3.05, 3.63) is 151 Å². The maximum Gasteiger partial charge on any atom is 0.145 e. The fraction of sp³-hybridized carbons (Fsp3) is 0.678. The second kappa shape index (κ2) is 46.1. The van der Waals surface area contributed by atoms with Crippen LogP contribution in [0.25, 0.3) is 0 Å². The van der Waals surface area contributed by atoms with Crippen molar-refractivity contribution in [2.45, 2.75) is 262 Å². The summed E-state index contributed by atoms with van der Waals surface area (Å²) in [5.41, 5.74) is 20.0. The summed E-state index contributed by atoms with van der Waals surface area (Å²) >= 11 is 0. The summed E-state index contributed by atoms with van der Waals surface area (Å²) in [6.45, 7) is 66.0. The van der Waals surface area contributed by atoms with Crippen LogP contribution in [0.4, 0.5) is 0 Å². The van der Waals surface area contributed by atoms with Gasteiger partial charge in [0, 0.05) is 12.1 Å². The summed E-state index contributed by atoms with van der Waals surface area (Å²) in [6.07, 6.45) is 47.3. The molecule has 0 aromatic carbocycles. The molecular weight excluding hydrogens is 1310 g/mol. The lowest BCUT2D eigenvalue weighted by Gasteiger charge is -2.34. The molecule has 12 heteroatoms. The summed E-state index contributed by atoms with van der Waals surface area (Å²) in [6, 6.07) is 0. The summed E-state index contributed by atoms with van der Waals surface area (Å²) in [7, 11) is -9.30. The van der Waals surface area contributed by atoms with Crippen molar-refractivity contribution in [1.29, 1.82) is 0 Å². The monoisotopic (exact) mass is 1470 g/mol. The highest BCUT2D eigenvalue weighted by Gasteiger charge is 2.31. The van der Waals surface area contributed by atoms with Crippen molar-refractivity contribution in [3.63, 3.8) is 0 Å². The van der Waals surface area contributed by atoms with Gasteiger partial charge in [-0.3, -0.25) is 4.79 Å². The van der Waals surface area contributed by atoms with Crippen molar-refractivity contribution < 1.29 is 32.4 Å². The van der Waals surface area contributed by atoms with Crippen molar-refractivity contribution in [2.75, 3.05) is 86.1 Å². The van der Waals surface area contributed by atoms with Gasteiger partial charge in [-0.15, -0.1) is 0 Å². The average Bonchev–Trinajstić information content (AvgIpc) is 0.856. The molecule has 5 aliphatic carbocycles. The standard InChI is InChI=1S/3C17H29OP.2C14H22O.2C3H9OP.2CH4/c3*1-14(11-13-19(5,6)18)9-10-16-15(2)8-7-12-17(16,3)4;2*1-11(10-15)7-8-13-12(2)6-5-9-14(13,3)4;2*1-5(2,3)4;;/h9,11,13H,7-8,10,12H2,1-6H3;9-11H,7-8,12-13H2,1-6H3;9-11,13-14H,7-8,12H2,1-6H3;7,10H,5-6,8-9H2,1-4H3;7-8,10-11H,5-6,9H2,1-4H3;2*1-3H3;2*1H4/b13-11+,14-9+;10-9+,14-11+;10-9+,13-11+;11-7+;8-7+;;;;. The topological polar surface area (TPSA) is 119 Å². The highest BCUT2D eigenvalue weighted by molar-refractivity contribution is 7.65. The van der Waals surface area contributed by atoms with Gasteiger partial charge in [0.15, 0.2) is 0 Å². The zero-order valence-electron chi connectivity index (χ0n) is 68.6. The van der Waals surface area contributed by atoms with Crippen LogP contribution < -0.4 is 0 Å². The first-order valence-electron chi connectivity index (χ1n) is 36.3. The molecule has 5 aliphatic rings. The zero-order chi connectivity index (χ0) is 76.0. The molecule has 0 saturated heterocycles. The Morgan fingerprint density at radius 2 is 0.687 bits per heavy atom. The van der Waals surface area contributed by atoms with E-state index in [9.17, 15) is 32.4 Å². The van der Waals surface area contributed by atoms with Crippen LogP contribution in [0.3, 0.4) is 0 Å². The third kappa shape index (κ3) is 49.5. The smallest absolute Gasteiger partial charge is 0.145 e. The SMILES string of the molecule is C.C.CC1=C(/C=C/C(C)/C=C/P(C)(C)=O)C(C)(C)CCC1.CC1=C(/C=C/C(C)=C/CP(C)(C)=O)C(C)(C)CCC1.CC1=C(/C=C/C(C)C=O)C(C)(C)CCC1.CC1=C(C/C=C(C)/C=C/P(C)(C)=O)C(C)(C)CCC1.CC1=C(C/C=C(\C)C=O)C(C)(C)CCC1.CP(C)(C)=O.CP(C)(C)=O. The molecule has 0 radical (unpaired) electrons. The molecule has 5 rings (SSSR count). The molecule has 0 aliphatic heterocycles. The van der Waals surface area contributed by atoms with E-state index in [-0.39, 0.29) is 26.2 Å². The van der Waals surface area contributed by atoms with E-state index in [0.717, 1.165) is 31.0 Å². The molecule has 0 fully saturated rings. The quantitative estimate of drug-likeness (QED) is 0.0441. The fourth-order valence-corrected chi connectivity index (χ4v) is 14.8. The number of allylic oxidation sites excluding steroid dienone is 24. The van der Waals surface area contributed by atoms with Gasteiger partial charge in [0.05, 0.1) is 21.4 Å². The van der Waals surface area contributed by atoms with E-state index in [0.29, 0.717) is 33.7 Å². The molecule has 0 amide bonds. The van der Waals surface area contributed by atoms with Gasteiger partial charge in [0.25, 0.3) is 0 Å². The van der Waals surface area contributed by atoms with Crippen molar-refractivity contribution >= 4 is 48.3 Å². The molecule has 2 atom stereocenters. The Bertz CT molecular complexity index is 3180. The van der Waals surface area contributed by atoms with Gasteiger partial charge < -0.3 is 27.6 Å². The number of carbonyl (C=O) groups is 2. The maximum atomic E-state index is 11.7. The molecule has 0 spiro atoms. The van der Waals surface area contributed by atoms with Crippen LogP contribution in [0.2, 0.25) is 0 Å². The van der Waals surface area contributed by atoms with Crippen LogP contribution in [0.5, 0.6) is 0 Å². The minimum atomic E-state index is -2.05. The Kier molecular flexibility index (Phi) is 47.8. The zero-order valence-corrected chi connectivity index (χ0v) is 73.1. The molecule has 0 saturated carbocycles. The third-order valence-electron chi connectivity index (χ3n) is 18.6. The summed E-state index contributed by atoms with van der Waals surface area (Å²) in [5, 5.41) is 0. The molecule has 7 nitrogen and oxygen atoms in total. The van der Waals surface area contributed by atoms with Gasteiger partial charge in [0.1, 0.15) is 26.9 Å². The molecule has 0 heterocycles. The molecule has 0 bridgehead atoms. The van der Waals surface area contributed by atoms with E-state index in [2.05, 4.69) is 179 Å². The first-order valence-corrected chi connectivity index (χ1v) is 50.5.